The highest BCUT2D eigenvalue weighted by molar-refractivity contribution is 8.02. The molecule has 3 aliphatic heterocycles. The van der Waals surface area contributed by atoms with Gasteiger partial charge < -0.3 is 19.8 Å². The summed E-state index contributed by atoms with van der Waals surface area (Å²) < 4.78 is -1.25. The average molecular weight is 546 g/mol. The molecule has 9 heteroatoms. The number of anilines is 1. The van der Waals surface area contributed by atoms with E-state index >= 15 is 0 Å². The fourth-order valence-corrected chi connectivity index (χ4v) is 9.29. The highest BCUT2D eigenvalue weighted by Crippen LogP contribution is 2.72. The summed E-state index contributed by atoms with van der Waals surface area (Å²) in [7, 11) is 1.72. The number of para-hydroxylation sites is 1. The third kappa shape index (κ3) is 4.12. The Kier molecular flexibility index (Phi) is 7.58. The molecule has 4 rings (SSSR count). The van der Waals surface area contributed by atoms with Crippen LogP contribution in [0.3, 0.4) is 0 Å². The second kappa shape index (κ2) is 10.1. The summed E-state index contributed by atoms with van der Waals surface area (Å²) in [5.41, 5.74) is 1.41. The van der Waals surface area contributed by atoms with Crippen LogP contribution in [0, 0.1) is 18.8 Å². The lowest BCUT2D eigenvalue weighted by atomic mass is 9.66. The number of likely N-dealkylation sites (tertiary alicyclic amines) is 1. The van der Waals surface area contributed by atoms with Crippen LogP contribution in [-0.4, -0.2) is 80.9 Å². The first-order chi connectivity index (χ1) is 17.5. The summed E-state index contributed by atoms with van der Waals surface area (Å²) in [5, 5.41) is 10.6. The highest BCUT2D eigenvalue weighted by Gasteiger charge is 2.77. The van der Waals surface area contributed by atoms with Crippen LogP contribution in [0.4, 0.5) is 5.69 Å². The van der Waals surface area contributed by atoms with Crippen molar-refractivity contribution < 1.29 is 19.5 Å². The Balaban J connectivity index is 1.86. The standard InChI is InChI=1S/C28H36ClN3O4S/c1-7-14-30(6)24(34)20-21-25(35)32(18(4)16-33)23(28(21)13-12-27(20,5)37-28)26(36)31(15-8-2)22-17(3)10-9-11-19(22)29/h7-11,18,20-21,23,33H,1-2,12-16H2,3-6H3/t18-,20-,21+,23?,27+,28?/m1/s1. The van der Waals surface area contributed by atoms with Crippen molar-refractivity contribution in [1.82, 2.24) is 9.80 Å². The minimum atomic E-state index is -0.850. The van der Waals surface area contributed by atoms with E-state index in [9.17, 15) is 19.5 Å². The van der Waals surface area contributed by atoms with E-state index in [-0.39, 0.29) is 30.9 Å². The summed E-state index contributed by atoms with van der Waals surface area (Å²) in [4.78, 5) is 47.2. The van der Waals surface area contributed by atoms with Crippen LogP contribution in [0.25, 0.3) is 0 Å². The Morgan fingerprint density at radius 2 is 1.95 bits per heavy atom. The van der Waals surface area contributed by atoms with E-state index < -0.39 is 33.4 Å². The predicted molar refractivity (Wildman–Crippen MR) is 149 cm³/mol. The smallest absolute Gasteiger partial charge is 0.251 e. The van der Waals surface area contributed by atoms with Crippen molar-refractivity contribution in [3.05, 3.63) is 54.1 Å². The molecule has 1 N–H and O–H groups in total. The lowest BCUT2D eigenvalue weighted by Gasteiger charge is -2.39. The Morgan fingerprint density at radius 1 is 1.27 bits per heavy atom. The van der Waals surface area contributed by atoms with Crippen molar-refractivity contribution in [2.45, 2.75) is 55.2 Å². The minimum absolute atomic E-state index is 0.107. The van der Waals surface area contributed by atoms with Gasteiger partial charge in [-0.05, 0) is 45.2 Å². The molecule has 3 heterocycles. The van der Waals surface area contributed by atoms with Crippen molar-refractivity contribution in [3.63, 3.8) is 0 Å². The zero-order valence-corrected chi connectivity index (χ0v) is 23.5. The van der Waals surface area contributed by atoms with Crippen molar-refractivity contribution in [2.24, 2.45) is 11.8 Å². The zero-order valence-electron chi connectivity index (χ0n) is 21.9. The quantitative estimate of drug-likeness (QED) is 0.479. The Hall–Kier alpha value is -2.29. The Bertz CT molecular complexity index is 1120. The molecule has 0 radical (unpaired) electrons. The van der Waals surface area contributed by atoms with E-state index in [1.807, 2.05) is 26.0 Å². The van der Waals surface area contributed by atoms with E-state index in [1.54, 1.807) is 58.7 Å². The van der Waals surface area contributed by atoms with Crippen LogP contribution in [0.15, 0.2) is 43.5 Å². The molecule has 37 heavy (non-hydrogen) atoms. The molecule has 3 saturated heterocycles. The topological polar surface area (TPSA) is 81.2 Å². The van der Waals surface area contributed by atoms with Gasteiger partial charge in [0.15, 0.2) is 0 Å². The van der Waals surface area contributed by atoms with Gasteiger partial charge in [-0.25, -0.2) is 0 Å². The molecule has 3 amide bonds. The first kappa shape index (κ1) is 27.7. The molecule has 7 nitrogen and oxygen atoms in total. The number of fused-ring (bicyclic) bond motifs is 1. The maximum atomic E-state index is 14.6. The van der Waals surface area contributed by atoms with Crippen LogP contribution in [-0.2, 0) is 14.4 Å². The lowest BCUT2D eigenvalue weighted by Crippen LogP contribution is -2.57. The number of benzene rings is 1. The Labute approximate surface area is 228 Å². The first-order valence-corrected chi connectivity index (χ1v) is 13.8. The van der Waals surface area contributed by atoms with E-state index in [2.05, 4.69) is 13.2 Å². The molecule has 0 aromatic heterocycles. The van der Waals surface area contributed by atoms with Gasteiger partial charge in [0.25, 0.3) is 5.91 Å². The summed E-state index contributed by atoms with van der Waals surface area (Å²) in [6.07, 6.45) is 4.66. The Morgan fingerprint density at radius 3 is 2.54 bits per heavy atom. The predicted octanol–water partition coefficient (Wildman–Crippen LogP) is 3.67. The number of aryl methyl sites for hydroxylation is 1. The molecule has 1 aromatic carbocycles. The molecular formula is C28H36ClN3O4S. The number of likely N-dealkylation sites (N-methyl/N-ethyl adjacent to an activating group) is 1. The molecule has 3 fully saturated rings. The summed E-state index contributed by atoms with van der Waals surface area (Å²) >= 11 is 8.20. The third-order valence-corrected chi connectivity index (χ3v) is 10.6. The van der Waals surface area contributed by atoms with E-state index in [0.717, 1.165) is 12.0 Å². The monoisotopic (exact) mass is 545 g/mol. The maximum absolute atomic E-state index is 14.6. The SMILES string of the molecule is C=CCN(C)C(=O)[C@H]1[C@H]2C(=O)N([C@H](C)CO)C(C(=O)N(CC=C)c3c(C)cccc3Cl)C23CC[C@]1(C)S3. The van der Waals surface area contributed by atoms with Gasteiger partial charge in [-0.15, -0.1) is 24.9 Å². The summed E-state index contributed by atoms with van der Waals surface area (Å²) in [6, 6.07) is 4.02. The van der Waals surface area contributed by atoms with Gasteiger partial charge in [-0.2, -0.15) is 0 Å². The number of rotatable bonds is 9. The third-order valence-electron chi connectivity index (χ3n) is 8.27. The van der Waals surface area contributed by atoms with Gasteiger partial charge in [-0.3, -0.25) is 14.4 Å². The molecule has 6 atom stereocenters. The van der Waals surface area contributed by atoms with E-state index in [0.29, 0.717) is 23.7 Å². The van der Waals surface area contributed by atoms with Gasteiger partial charge in [-0.1, -0.05) is 35.9 Å². The molecular weight excluding hydrogens is 510 g/mol. The number of aliphatic hydroxyl groups is 1. The maximum Gasteiger partial charge on any atom is 0.251 e. The van der Waals surface area contributed by atoms with Gasteiger partial charge in [0.1, 0.15) is 6.04 Å². The molecule has 200 valence electrons. The number of carbonyl (C=O) groups is 3. The molecule has 0 saturated carbocycles. The number of nitrogens with zero attached hydrogens (tertiary/aromatic N) is 3. The van der Waals surface area contributed by atoms with Gasteiger partial charge in [0.05, 0.1) is 39.9 Å². The van der Waals surface area contributed by atoms with Crippen LogP contribution in [0.1, 0.15) is 32.3 Å². The second-order valence-corrected chi connectivity index (χ2v) is 13.0. The van der Waals surface area contributed by atoms with Crippen LogP contribution in [0.2, 0.25) is 5.02 Å². The number of carbonyl (C=O) groups excluding carboxylic acids is 3. The fourth-order valence-electron chi connectivity index (χ4n) is 6.64. The van der Waals surface area contributed by atoms with Crippen molar-refractivity contribution in [2.75, 3.05) is 31.6 Å². The molecule has 2 unspecified atom stereocenters. The first-order valence-electron chi connectivity index (χ1n) is 12.7. The molecule has 0 aliphatic carbocycles. The van der Waals surface area contributed by atoms with E-state index in [1.165, 1.54) is 0 Å². The van der Waals surface area contributed by atoms with Crippen LogP contribution >= 0.6 is 23.4 Å². The molecule has 1 aromatic rings. The number of amides is 3. The zero-order chi connectivity index (χ0) is 27.3. The number of halogens is 1. The molecule has 2 bridgehead atoms. The fraction of sp³-hybridized carbons (Fsp3) is 0.536. The summed E-state index contributed by atoms with van der Waals surface area (Å²) in [5.74, 6) is -1.83. The number of hydrogen-bond acceptors (Lipinski definition) is 5. The largest absolute Gasteiger partial charge is 0.394 e. The number of aliphatic hydroxyl groups excluding tert-OH is 1. The van der Waals surface area contributed by atoms with Crippen LogP contribution < -0.4 is 4.90 Å². The average Bonchev–Trinajstić information content (AvgIpc) is 3.42. The van der Waals surface area contributed by atoms with Crippen LogP contribution in [0.5, 0.6) is 0 Å². The van der Waals surface area contributed by atoms with Crippen molar-refractivity contribution in [1.29, 1.82) is 0 Å². The lowest BCUT2D eigenvalue weighted by molar-refractivity contribution is -0.145. The molecule has 1 spiro atoms. The van der Waals surface area contributed by atoms with Gasteiger partial charge in [0, 0.05) is 24.9 Å². The number of thioether (sulfide) groups is 1. The minimum Gasteiger partial charge on any atom is -0.394 e. The van der Waals surface area contributed by atoms with Gasteiger partial charge >= 0.3 is 0 Å². The number of hydrogen-bond donors (Lipinski definition) is 1. The molecule has 3 aliphatic rings. The normalized spacial score (nSPS) is 30.7. The second-order valence-electron chi connectivity index (χ2n) is 10.7. The summed E-state index contributed by atoms with van der Waals surface area (Å²) in [6.45, 7) is 13.6. The van der Waals surface area contributed by atoms with Gasteiger partial charge in [0.2, 0.25) is 11.8 Å². The van der Waals surface area contributed by atoms with Crippen molar-refractivity contribution >= 4 is 46.8 Å². The van der Waals surface area contributed by atoms with E-state index in [4.69, 9.17) is 11.6 Å². The highest BCUT2D eigenvalue weighted by atomic mass is 35.5. The van der Waals surface area contributed by atoms with Crippen molar-refractivity contribution in [3.8, 4) is 0 Å².